The van der Waals surface area contributed by atoms with E-state index < -0.39 is 5.92 Å². The molecule has 0 aromatic carbocycles. The molecule has 7 nitrogen and oxygen atoms in total. The lowest BCUT2D eigenvalue weighted by molar-refractivity contribution is -0.116. The van der Waals surface area contributed by atoms with Crippen molar-refractivity contribution in [1.82, 2.24) is 24.7 Å². The van der Waals surface area contributed by atoms with Crippen molar-refractivity contribution in [2.45, 2.75) is 18.0 Å². The Morgan fingerprint density at radius 2 is 2.16 bits per heavy atom. The number of aromatic nitrogens is 5. The predicted molar refractivity (Wildman–Crippen MR) is 95.2 cm³/mol. The van der Waals surface area contributed by atoms with E-state index in [1.807, 2.05) is 42.1 Å². The molecule has 3 heterocycles. The normalized spacial score (nSPS) is 11.9. The summed E-state index contributed by atoms with van der Waals surface area (Å²) in [7, 11) is 1.84. The summed E-state index contributed by atoms with van der Waals surface area (Å²) in [4.78, 5) is 20.6. The number of hydrogen-bond donors (Lipinski definition) is 0. The van der Waals surface area contributed by atoms with Gasteiger partial charge in [0, 0.05) is 36.1 Å². The molecule has 0 fully saturated rings. The van der Waals surface area contributed by atoms with E-state index in [1.165, 1.54) is 23.1 Å². The zero-order chi connectivity index (χ0) is 17.8. The van der Waals surface area contributed by atoms with Crippen LogP contribution in [0, 0.1) is 18.3 Å². The summed E-state index contributed by atoms with van der Waals surface area (Å²) in [6, 6.07) is 5.74. The molecule has 0 unspecified atom stereocenters. The van der Waals surface area contributed by atoms with Crippen molar-refractivity contribution < 1.29 is 4.79 Å². The Hall–Kier alpha value is -2.57. The van der Waals surface area contributed by atoms with Gasteiger partial charge in [-0.15, -0.1) is 21.5 Å². The summed E-state index contributed by atoms with van der Waals surface area (Å²) < 4.78 is 1.82. The van der Waals surface area contributed by atoms with Crippen LogP contribution in [-0.2, 0) is 11.8 Å². The maximum absolute atomic E-state index is 12.4. The van der Waals surface area contributed by atoms with Gasteiger partial charge in [-0.2, -0.15) is 5.26 Å². The summed E-state index contributed by atoms with van der Waals surface area (Å²) in [5.74, 6) is -0.182. The number of ketones is 1. The standard InChI is InChI=1S/C16H14N6OS2/c1-10-8-24-15(19-10)12(7-17)13(23)9-25-16-21-20-14(22(16)2)11-3-5-18-6-4-11/h3-6,8,12H,9H2,1-2H3/t12-/m0/s1. The van der Waals surface area contributed by atoms with Gasteiger partial charge in [-0.25, -0.2) is 4.98 Å². The fourth-order valence-corrected chi connectivity index (χ4v) is 3.86. The quantitative estimate of drug-likeness (QED) is 0.615. The maximum atomic E-state index is 12.4. The number of nitriles is 1. The first-order valence-corrected chi connectivity index (χ1v) is 9.23. The van der Waals surface area contributed by atoms with Crippen LogP contribution in [0.1, 0.15) is 16.6 Å². The highest BCUT2D eigenvalue weighted by Crippen LogP contribution is 2.26. The van der Waals surface area contributed by atoms with Gasteiger partial charge >= 0.3 is 0 Å². The molecule has 0 aliphatic heterocycles. The molecule has 9 heteroatoms. The summed E-state index contributed by atoms with van der Waals surface area (Å²) in [5, 5.41) is 20.6. The van der Waals surface area contributed by atoms with E-state index in [4.69, 9.17) is 0 Å². The Kier molecular flexibility index (Phi) is 5.21. The van der Waals surface area contributed by atoms with Gasteiger partial charge in [0.05, 0.1) is 11.8 Å². The van der Waals surface area contributed by atoms with Crippen molar-refractivity contribution in [3.05, 3.63) is 40.6 Å². The number of rotatable bonds is 6. The van der Waals surface area contributed by atoms with Gasteiger partial charge in [0.1, 0.15) is 5.01 Å². The van der Waals surface area contributed by atoms with E-state index in [-0.39, 0.29) is 11.5 Å². The van der Waals surface area contributed by atoms with Gasteiger partial charge in [-0.3, -0.25) is 9.78 Å². The van der Waals surface area contributed by atoms with Gasteiger partial charge in [-0.05, 0) is 19.1 Å². The van der Waals surface area contributed by atoms with E-state index in [0.29, 0.717) is 16.0 Å². The molecular formula is C16H14N6OS2. The lowest BCUT2D eigenvalue weighted by Crippen LogP contribution is -2.13. The Morgan fingerprint density at radius 3 is 2.80 bits per heavy atom. The molecule has 0 radical (unpaired) electrons. The molecule has 126 valence electrons. The van der Waals surface area contributed by atoms with Crippen LogP contribution in [0.3, 0.4) is 0 Å². The maximum Gasteiger partial charge on any atom is 0.191 e. The van der Waals surface area contributed by atoms with Crippen molar-refractivity contribution in [3.63, 3.8) is 0 Å². The molecule has 0 saturated heterocycles. The van der Waals surface area contributed by atoms with Crippen LogP contribution in [0.5, 0.6) is 0 Å². The number of carbonyl (C=O) groups is 1. The SMILES string of the molecule is Cc1csc([C@@H](C#N)C(=O)CSc2nnc(-c3ccncc3)n2C)n1. The highest BCUT2D eigenvalue weighted by Gasteiger charge is 2.24. The minimum absolute atomic E-state index is 0.138. The zero-order valence-electron chi connectivity index (χ0n) is 13.6. The number of pyridine rings is 1. The highest BCUT2D eigenvalue weighted by molar-refractivity contribution is 7.99. The fraction of sp³-hybridized carbons (Fsp3) is 0.250. The number of Topliss-reactive ketones (excluding diaryl/α,β-unsaturated/α-hetero) is 1. The fourth-order valence-electron chi connectivity index (χ4n) is 2.18. The topological polar surface area (TPSA) is 97.4 Å². The molecule has 0 amide bonds. The van der Waals surface area contributed by atoms with Crippen molar-refractivity contribution >= 4 is 28.9 Å². The largest absolute Gasteiger partial charge is 0.305 e. The molecule has 0 spiro atoms. The summed E-state index contributed by atoms with van der Waals surface area (Å²) in [5.41, 5.74) is 1.72. The lowest BCUT2D eigenvalue weighted by Gasteiger charge is -2.05. The van der Waals surface area contributed by atoms with Crippen LogP contribution in [0.25, 0.3) is 11.4 Å². The average Bonchev–Trinajstić information content (AvgIpc) is 3.20. The Bertz CT molecular complexity index is 928. The third kappa shape index (κ3) is 3.75. The average molecular weight is 370 g/mol. The minimum atomic E-state index is -0.834. The zero-order valence-corrected chi connectivity index (χ0v) is 15.2. The predicted octanol–water partition coefficient (Wildman–Crippen LogP) is 2.61. The molecule has 0 bridgehead atoms. The van der Waals surface area contributed by atoms with Crippen molar-refractivity contribution in [2.24, 2.45) is 7.05 Å². The second kappa shape index (κ2) is 7.55. The Labute approximate surface area is 152 Å². The van der Waals surface area contributed by atoms with E-state index in [1.54, 1.807) is 12.4 Å². The molecule has 3 aromatic heterocycles. The smallest absolute Gasteiger partial charge is 0.191 e. The van der Waals surface area contributed by atoms with Gasteiger partial charge in [-0.1, -0.05) is 11.8 Å². The molecular weight excluding hydrogens is 356 g/mol. The molecule has 1 atom stereocenters. The third-order valence-electron chi connectivity index (χ3n) is 3.45. The molecule has 0 saturated carbocycles. The minimum Gasteiger partial charge on any atom is -0.305 e. The Balaban J connectivity index is 1.71. The van der Waals surface area contributed by atoms with Crippen molar-refractivity contribution in [2.75, 3.05) is 5.75 Å². The van der Waals surface area contributed by atoms with Crippen LogP contribution >= 0.6 is 23.1 Å². The van der Waals surface area contributed by atoms with E-state index in [9.17, 15) is 10.1 Å². The summed E-state index contributed by atoms with van der Waals surface area (Å²) >= 11 is 2.60. The molecule has 0 N–H and O–H groups in total. The van der Waals surface area contributed by atoms with Crippen LogP contribution in [-0.4, -0.2) is 36.3 Å². The number of thiazole rings is 1. The van der Waals surface area contributed by atoms with Crippen LogP contribution in [0.4, 0.5) is 0 Å². The molecule has 3 aromatic rings. The number of aryl methyl sites for hydroxylation is 1. The molecule has 25 heavy (non-hydrogen) atoms. The monoisotopic (exact) mass is 370 g/mol. The van der Waals surface area contributed by atoms with E-state index in [0.717, 1.165) is 11.3 Å². The van der Waals surface area contributed by atoms with E-state index in [2.05, 4.69) is 20.2 Å². The second-order valence-corrected chi connectivity index (χ2v) is 7.08. The highest BCUT2D eigenvalue weighted by atomic mass is 32.2. The van der Waals surface area contributed by atoms with Gasteiger partial charge in [0.25, 0.3) is 0 Å². The van der Waals surface area contributed by atoms with Crippen LogP contribution in [0.15, 0.2) is 35.1 Å². The Morgan fingerprint density at radius 1 is 1.40 bits per heavy atom. The van der Waals surface area contributed by atoms with Crippen LogP contribution in [0.2, 0.25) is 0 Å². The molecule has 0 aliphatic carbocycles. The van der Waals surface area contributed by atoms with Gasteiger partial charge in [0.2, 0.25) is 0 Å². The van der Waals surface area contributed by atoms with Crippen molar-refractivity contribution in [3.8, 4) is 17.5 Å². The first kappa shape index (κ1) is 17.3. The summed E-state index contributed by atoms with van der Waals surface area (Å²) in [6.07, 6.45) is 3.38. The number of nitrogens with zero attached hydrogens (tertiary/aromatic N) is 6. The first-order valence-electron chi connectivity index (χ1n) is 7.37. The number of thioether (sulfide) groups is 1. The lowest BCUT2D eigenvalue weighted by atomic mass is 10.1. The summed E-state index contributed by atoms with van der Waals surface area (Å²) in [6.45, 7) is 1.84. The molecule has 3 rings (SSSR count). The van der Waals surface area contributed by atoms with Gasteiger partial charge in [0.15, 0.2) is 22.7 Å². The van der Waals surface area contributed by atoms with Crippen LogP contribution < -0.4 is 0 Å². The first-order chi connectivity index (χ1) is 12.1. The number of carbonyl (C=O) groups excluding carboxylic acids is 1. The molecule has 0 aliphatic rings. The third-order valence-corrected chi connectivity index (χ3v) is 5.52. The van der Waals surface area contributed by atoms with E-state index >= 15 is 0 Å². The van der Waals surface area contributed by atoms with Gasteiger partial charge < -0.3 is 4.57 Å². The van der Waals surface area contributed by atoms with Crippen molar-refractivity contribution in [1.29, 1.82) is 5.26 Å². The second-order valence-electron chi connectivity index (χ2n) is 5.25. The number of hydrogen-bond acceptors (Lipinski definition) is 8.